The molecule has 0 unspecified atom stereocenters. The first-order chi connectivity index (χ1) is 18.2. The second kappa shape index (κ2) is 12.9. The van der Waals surface area contributed by atoms with E-state index < -0.39 is 17.7 Å². The predicted octanol–water partition coefficient (Wildman–Crippen LogP) is 4.89. The van der Waals surface area contributed by atoms with Crippen LogP contribution < -0.4 is 15.4 Å². The Hall–Kier alpha value is -3.39. The summed E-state index contributed by atoms with van der Waals surface area (Å²) in [4.78, 5) is 42.4. The van der Waals surface area contributed by atoms with Gasteiger partial charge >= 0.3 is 6.03 Å². The first-order valence-corrected chi connectivity index (χ1v) is 13.6. The van der Waals surface area contributed by atoms with Gasteiger partial charge in [-0.25, -0.2) is 9.69 Å². The Balaban J connectivity index is 1.75. The summed E-state index contributed by atoms with van der Waals surface area (Å²) in [5.41, 5.74) is 1.90. The summed E-state index contributed by atoms with van der Waals surface area (Å²) in [6, 6.07) is 14.2. The lowest BCUT2D eigenvalue weighted by Crippen LogP contribution is -2.73. The molecule has 0 spiro atoms. The van der Waals surface area contributed by atoms with Crippen molar-refractivity contribution in [3.05, 3.63) is 65.2 Å². The number of hydrogen-bond acceptors (Lipinski definition) is 5. The fourth-order valence-corrected chi connectivity index (χ4v) is 4.84. The van der Waals surface area contributed by atoms with Crippen LogP contribution in [0.2, 0.25) is 0 Å². The van der Waals surface area contributed by atoms with Crippen LogP contribution in [0.1, 0.15) is 74.0 Å². The van der Waals surface area contributed by atoms with Gasteiger partial charge in [0.15, 0.2) is 6.23 Å². The highest BCUT2D eigenvalue weighted by molar-refractivity contribution is 6.03. The number of nitrogens with zero attached hydrogens (tertiary/aromatic N) is 2. The smallest absolute Gasteiger partial charge is 0.327 e. The van der Waals surface area contributed by atoms with Crippen molar-refractivity contribution >= 4 is 17.8 Å². The zero-order valence-corrected chi connectivity index (χ0v) is 23.5. The quantitative estimate of drug-likeness (QED) is 0.387. The Labute approximate surface area is 226 Å². The highest BCUT2D eigenvalue weighted by atomic mass is 16.5. The fourth-order valence-electron chi connectivity index (χ4n) is 4.84. The molecule has 2 aromatic rings. The van der Waals surface area contributed by atoms with Gasteiger partial charge in [-0.05, 0) is 70.1 Å². The molecule has 1 heterocycles. The highest BCUT2D eigenvalue weighted by Crippen LogP contribution is 2.46. The maximum atomic E-state index is 13.4. The van der Waals surface area contributed by atoms with Gasteiger partial charge in [0.25, 0.3) is 5.91 Å². The number of benzene rings is 2. The summed E-state index contributed by atoms with van der Waals surface area (Å²) >= 11 is 0. The lowest BCUT2D eigenvalue weighted by Gasteiger charge is -2.53. The Morgan fingerprint density at radius 3 is 2.21 bits per heavy atom. The number of likely N-dealkylation sites (N-methyl/N-ethyl adjacent to an activating group) is 1. The monoisotopic (exact) mass is 522 g/mol. The van der Waals surface area contributed by atoms with E-state index >= 15 is 0 Å². The molecule has 0 aliphatic carbocycles. The molecule has 4 amide bonds. The van der Waals surface area contributed by atoms with Crippen LogP contribution in [0.4, 0.5) is 4.79 Å². The third-order valence-corrected chi connectivity index (χ3v) is 7.40. The topological polar surface area (TPSA) is 91.0 Å². The maximum absolute atomic E-state index is 13.4. The summed E-state index contributed by atoms with van der Waals surface area (Å²) < 4.78 is 6.27. The summed E-state index contributed by atoms with van der Waals surface area (Å²) in [5, 5.41) is 5.96. The lowest BCUT2D eigenvalue weighted by molar-refractivity contribution is -0.191. The molecule has 0 aromatic heterocycles. The molecule has 1 aliphatic rings. The SMILES string of the molecule is CCC[C@@H](NC(=O)N1C(=O)C(CC)(CC)[C@@H]1Oc1ccc(C(=O)NCCN(C)C)cc1)c1ccc(C)cc1. The second-order valence-corrected chi connectivity index (χ2v) is 10.3. The Bertz CT molecular complexity index is 1090. The molecule has 2 atom stereocenters. The molecule has 38 heavy (non-hydrogen) atoms. The number of urea groups is 1. The Kier molecular flexibility index (Phi) is 9.91. The highest BCUT2D eigenvalue weighted by Gasteiger charge is 2.63. The minimum absolute atomic E-state index is 0.159. The van der Waals surface area contributed by atoms with Crippen LogP contribution in [0.5, 0.6) is 5.75 Å². The maximum Gasteiger partial charge on any atom is 0.327 e. The fraction of sp³-hybridized carbons (Fsp3) is 0.500. The van der Waals surface area contributed by atoms with Crippen molar-refractivity contribution in [1.29, 1.82) is 0 Å². The number of rotatable bonds is 12. The predicted molar refractivity (Wildman–Crippen MR) is 149 cm³/mol. The van der Waals surface area contributed by atoms with Gasteiger partial charge in [0, 0.05) is 18.7 Å². The van der Waals surface area contributed by atoms with E-state index in [0.29, 0.717) is 30.7 Å². The second-order valence-electron chi connectivity index (χ2n) is 10.3. The number of amides is 4. The van der Waals surface area contributed by atoms with E-state index in [-0.39, 0.29) is 17.9 Å². The zero-order valence-electron chi connectivity index (χ0n) is 23.5. The third kappa shape index (κ3) is 6.35. The van der Waals surface area contributed by atoms with Crippen LogP contribution in [0.3, 0.4) is 0 Å². The van der Waals surface area contributed by atoms with Crippen molar-refractivity contribution in [2.45, 2.75) is 65.6 Å². The first-order valence-electron chi connectivity index (χ1n) is 13.6. The van der Waals surface area contributed by atoms with Crippen molar-refractivity contribution in [2.24, 2.45) is 5.41 Å². The minimum Gasteiger partial charge on any atom is -0.469 e. The van der Waals surface area contributed by atoms with Gasteiger partial charge in [0.1, 0.15) is 11.2 Å². The van der Waals surface area contributed by atoms with E-state index in [1.165, 1.54) is 4.90 Å². The molecular formula is C30H42N4O4. The van der Waals surface area contributed by atoms with Gasteiger partial charge < -0.3 is 20.3 Å². The number of ether oxygens (including phenoxy) is 1. The van der Waals surface area contributed by atoms with Gasteiger partial charge in [-0.15, -0.1) is 0 Å². The van der Waals surface area contributed by atoms with E-state index in [1.54, 1.807) is 24.3 Å². The summed E-state index contributed by atoms with van der Waals surface area (Å²) in [7, 11) is 3.90. The number of likely N-dealkylation sites (tertiary alicyclic amines) is 1. The Morgan fingerprint density at radius 2 is 1.66 bits per heavy atom. The molecular weight excluding hydrogens is 480 g/mol. The molecule has 3 rings (SSSR count). The van der Waals surface area contributed by atoms with Crippen molar-refractivity contribution in [2.75, 3.05) is 27.2 Å². The molecule has 2 aromatic carbocycles. The van der Waals surface area contributed by atoms with Crippen LogP contribution in [-0.2, 0) is 4.79 Å². The number of imide groups is 1. The lowest BCUT2D eigenvalue weighted by atomic mass is 9.72. The number of nitrogens with one attached hydrogen (secondary N) is 2. The molecule has 1 aliphatic heterocycles. The summed E-state index contributed by atoms with van der Waals surface area (Å²) in [6.07, 6.45) is 2.02. The van der Waals surface area contributed by atoms with E-state index in [1.807, 2.05) is 64.0 Å². The van der Waals surface area contributed by atoms with Crippen LogP contribution in [-0.4, -0.2) is 61.1 Å². The number of aryl methyl sites for hydroxylation is 1. The van der Waals surface area contributed by atoms with Crippen molar-refractivity contribution < 1.29 is 19.1 Å². The Morgan fingerprint density at radius 1 is 1.03 bits per heavy atom. The number of carbonyl (C=O) groups excluding carboxylic acids is 3. The van der Waals surface area contributed by atoms with Crippen molar-refractivity contribution in [3.63, 3.8) is 0 Å². The average molecular weight is 523 g/mol. The van der Waals surface area contributed by atoms with Crippen molar-refractivity contribution in [1.82, 2.24) is 20.4 Å². The number of hydrogen-bond donors (Lipinski definition) is 2. The average Bonchev–Trinajstić information content (AvgIpc) is 2.89. The molecule has 1 saturated heterocycles. The first kappa shape index (κ1) is 29.2. The van der Waals surface area contributed by atoms with Crippen LogP contribution in [0.15, 0.2) is 48.5 Å². The number of β-lactam (4-membered cyclic amide) rings is 1. The molecule has 8 heteroatoms. The van der Waals surface area contributed by atoms with E-state index in [4.69, 9.17) is 4.74 Å². The number of carbonyl (C=O) groups is 3. The van der Waals surface area contributed by atoms with Gasteiger partial charge in [-0.3, -0.25) is 9.59 Å². The molecule has 8 nitrogen and oxygen atoms in total. The van der Waals surface area contributed by atoms with Gasteiger partial charge in [0.05, 0.1) is 6.04 Å². The molecule has 2 N–H and O–H groups in total. The van der Waals surface area contributed by atoms with E-state index in [0.717, 1.165) is 30.5 Å². The molecule has 0 bridgehead atoms. The zero-order chi connectivity index (χ0) is 27.9. The van der Waals surface area contributed by atoms with Gasteiger partial charge in [-0.2, -0.15) is 0 Å². The minimum atomic E-state index is -0.774. The van der Waals surface area contributed by atoms with E-state index in [2.05, 4.69) is 17.6 Å². The largest absolute Gasteiger partial charge is 0.469 e. The van der Waals surface area contributed by atoms with Crippen LogP contribution in [0.25, 0.3) is 0 Å². The van der Waals surface area contributed by atoms with Gasteiger partial charge in [0.2, 0.25) is 5.91 Å². The molecule has 0 radical (unpaired) electrons. The van der Waals surface area contributed by atoms with Crippen LogP contribution >= 0.6 is 0 Å². The third-order valence-electron chi connectivity index (χ3n) is 7.40. The molecule has 1 fully saturated rings. The van der Waals surface area contributed by atoms with Crippen LogP contribution in [0, 0.1) is 12.3 Å². The standard InChI is InChI=1S/C30H42N4O4/c1-7-10-25(22-13-11-21(4)12-14-22)32-29(37)34-27(36)30(8-2,9-3)28(34)38-24-17-15-23(16-18-24)26(35)31-19-20-33(5)6/h11-18,25,28H,7-10,19-20H2,1-6H3,(H,31,35)(H,32,37)/t25-,28+/m1/s1. The van der Waals surface area contributed by atoms with Gasteiger partial charge in [-0.1, -0.05) is 57.0 Å². The summed E-state index contributed by atoms with van der Waals surface area (Å²) in [6.45, 7) is 9.28. The molecule has 206 valence electrons. The normalized spacial score (nSPS) is 17.1. The van der Waals surface area contributed by atoms with E-state index in [9.17, 15) is 14.4 Å². The molecule has 0 saturated carbocycles. The van der Waals surface area contributed by atoms with Crippen molar-refractivity contribution in [3.8, 4) is 5.75 Å². The summed E-state index contributed by atoms with van der Waals surface area (Å²) in [5.74, 6) is 0.119.